The van der Waals surface area contributed by atoms with Gasteiger partial charge in [0.05, 0.1) is 44.9 Å². The first-order valence-electron chi connectivity index (χ1n) is 44.2. The van der Waals surface area contributed by atoms with Crippen molar-refractivity contribution >= 4 is 227 Å². The minimum absolute atomic E-state index is 0. The molecule has 2 N–H and O–H groups in total. The van der Waals surface area contributed by atoms with E-state index in [0.717, 1.165) is 103 Å². The minimum Gasteiger partial charge on any atom is -0.496 e. The van der Waals surface area contributed by atoms with Gasteiger partial charge in [-0.2, -0.15) is 0 Å². The Hall–Kier alpha value is -1.67. The lowest BCUT2D eigenvalue weighted by molar-refractivity contribution is -0.385. The molecular weight excluding hydrogens is 1430 g/mol. The number of rotatable bonds is 32. The van der Waals surface area contributed by atoms with Crippen LogP contribution in [0.4, 0.5) is 11.4 Å². The van der Waals surface area contributed by atoms with Gasteiger partial charge in [-0.05, 0) is 219 Å². The summed E-state index contributed by atoms with van der Waals surface area (Å²) in [6.07, 6.45) is 28.8. The molecule has 3 saturated heterocycles. The first-order valence-corrected chi connectivity index (χ1v) is 45.8. The fraction of sp³-hybridized carbons (Fsp3) is 0.757. The van der Waals surface area contributed by atoms with Gasteiger partial charge < -0.3 is 34.6 Å². The maximum Gasteiger partial charge on any atom is 0.273 e. The van der Waals surface area contributed by atoms with Crippen LogP contribution in [0.2, 0.25) is 0 Å². The van der Waals surface area contributed by atoms with Crippen LogP contribution in [0.3, 0.4) is 0 Å². The van der Waals surface area contributed by atoms with Crippen LogP contribution in [0, 0.1) is 10.1 Å². The van der Waals surface area contributed by atoms with E-state index in [1.807, 2.05) is 19.2 Å². The van der Waals surface area contributed by atoms with Crippen molar-refractivity contribution in [2.45, 2.75) is 243 Å². The van der Waals surface area contributed by atoms with Crippen LogP contribution >= 0.6 is 7.56 Å². The molecule has 117 heavy (non-hydrogen) atoms. The van der Waals surface area contributed by atoms with Gasteiger partial charge in [0.25, 0.3) is 5.69 Å². The van der Waals surface area contributed by atoms with Crippen molar-refractivity contribution < 1.29 is 19.1 Å². The molecule has 43 heteroatoms. The number of fused-ring (bicyclic) bond motifs is 3. The zero-order valence-corrected chi connectivity index (χ0v) is 71.7. The number of ether oxygens (including phenoxy) is 3. The second kappa shape index (κ2) is 53.7. The third-order valence-corrected chi connectivity index (χ3v) is 31.5. The van der Waals surface area contributed by atoms with Crippen molar-refractivity contribution in [1.82, 2.24) is 29.4 Å². The van der Waals surface area contributed by atoms with Gasteiger partial charge in [-0.25, -0.2) is 0 Å². The summed E-state index contributed by atoms with van der Waals surface area (Å²) in [5.41, 5.74) is 15.5. The number of hydrogen-bond acceptors (Lipinski definition) is 12. The van der Waals surface area contributed by atoms with Crippen LogP contribution in [0.1, 0.15) is 239 Å². The Kier molecular flexibility index (Phi) is 47.8. The quantitative estimate of drug-likeness (QED) is 0.0295. The molecular formula is C74H122B29N8O5P. The van der Waals surface area contributed by atoms with Gasteiger partial charge in [0.15, 0.2) is 0 Å². The maximum absolute atomic E-state index is 11.7. The molecule has 0 aromatic heterocycles. The van der Waals surface area contributed by atoms with Crippen LogP contribution in [-0.2, 0) is 19.3 Å². The zero-order chi connectivity index (χ0) is 82.0. The SMILES string of the molecule is C.C.COc1ccc(N)c2c1CCCC2CCCN1CCN(C2CCCCC2)CC1.COc1ccc([N+](=O)[O-])c2c1CCCC2CCCN1CCN(C2CCCCC2)CC1.COc1cccc2c1CCCC2CCCN1CCN(C2CCCCC2)CC1.[B].[B][B]B(B([B])[B])B(B(B([B])[B])B([B])[B])P(B(B([B])[B])B([B])[B])B(B([B])[B])B([B])[B]. The third-order valence-electron chi connectivity index (χ3n) is 27.4. The predicted molar refractivity (Wildman–Crippen MR) is 537 cm³/mol. The molecule has 3 aliphatic heterocycles. The lowest BCUT2D eigenvalue weighted by Crippen LogP contribution is -2.75. The van der Waals surface area contributed by atoms with Crippen molar-refractivity contribution in [2.24, 2.45) is 0 Å². The van der Waals surface area contributed by atoms with E-state index in [1.54, 1.807) is 31.9 Å². The Morgan fingerprint density at radius 1 is 0.436 bits per heavy atom. The molecule has 0 bridgehead atoms. The summed E-state index contributed by atoms with van der Waals surface area (Å²) in [7, 11) is 95.0. The molecule has 3 aromatic rings. The summed E-state index contributed by atoms with van der Waals surface area (Å²) >= 11 is 0. The van der Waals surface area contributed by atoms with E-state index < -0.39 is 83.7 Å². The molecule has 0 spiro atoms. The molecule has 6 aliphatic carbocycles. The molecule has 3 unspecified atom stereocenters. The molecule has 0 amide bonds. The second-order valence-corrected chi connectivity index (χ2v) is 37.4. The van der Waals surface area contributed by atoms with Gasteiger partial charge >= 0.3 is 0 Å². The monoisotopic (exact) mass is 1550 g/mol. The Morgan fingerprint density at radius 3 is 1.15 bits per heavy atom. The summed E-state index contributed by atoms with van der Waals surface area (Å²) in [6, 6.07) is 16.8. The minimum atomic E-state index is -1.68. The molecule has 3 aromatic carbocycles. The van der Waals surface area contributed by atoms with Crippen LogP contribution in [-0.4, -0.2) is 380 Å². The molecule has 6 fully saturated rings. The van der Waals surface area contributed by atoms with E-state index >= 15 is 0 Å². The fourth-order valence-corrected chi connectivity index (χ4v) is 25.7. The lowest BCUT2D eigenvalue weighted by Gasteiger charge is -2.52. The number of methoxy groups -OCH3 is 3. The third kappa shape index (κ3) is 29.7. The smallest absolute Gasteiger partial charge is 0.273 e. The topological polar surface area (TPSA) is 116 Å². The standard InChI is InChI=1S/C24H37N3O3.C24H39N3O.C24H38N2O.2CH4.B28P.B/c1-30-23-13-12-22(27(28)29)24-19(7-5-11-21(23)24)8-6-14-25-15-17-26(18-16-25)20-9-3-2-4-10-20;1-28-23-13-12-22(25)24-19(7-5-11-21(23)24)8-6-14-26-15-17-27(18-16-26)20-9-3-2-4-10-20;1-27-24-14-6-12-22-20(8-5-13-23(22)24)9-7-15-25-16-18-26(19-17-25)21-10-3-2-4-11-21;;;1-16-24(17(2)3)28(25(18(4)5)19(6)7)29(26(20(8)9)21(10)11)27(22(12)13)23(14)15;/h12-13,19-20H,2-11,14-18H2,1H3;12-13,19-20H,2-11,14-18,25H2,1H3;6,12,14,20-21H,2-5,7-11,13,15-19H2,1H3;2*1H4;;. The van der Waals surface area contributed by atoms with Crippen LogP contribution in [0.5, 0.6) is 17.2 Å². The molecule has 3 heterocycles. The highest BCUT2D eigenvalue weighted by atomic mass is 31.1. The van der Waals surface area contributed by atoms with E-state index in [-0.39, 0.29) is 39.8 Å². The summed E-state index contributed by atoms with van der Waals surface area (Å²) in [4.78, 5) is 27.7. The van der Waals surface area contributed by atoms with Gasteiger partial charge in [0.1, 0.15) is 17.2 Å². The molecule has 12 rings (SSSR count). The maximum atomic E-state index is 11.7. The Balaban J connectivity index is 0.000000240. The van der Waals surface area contributed by atoms with Crippen molar-refractivity contribution in [2.75, 3.05) is 125 Å². The molecule has 9 aliphatic rings. The number of hydrogen-bond donors (Lipinski definition) is 1. The summed E-state index contributed by atoms with van der Waals surface area (Å²) < 4.78 is 16.7. The Morgan fingerprint density at radius 2 is 0.786 bits per heavy atom. The summed E-state index contributed by atoms with van der Waals surface area (Å²) in [5, 5.41) is 11.7. The fourth-order valence-electron chi connectivity index (χ4n) is 21.4. The number of benzene rings is 3. The normalized spacial score (nSPS) is 20.3. The lowest BCUT2D eigenvalue weighted by atomic mass is 8.55. The molecule has 13 nitrogen and oxygen atoms in total. The van der Waals surface area contributed by atoms with E-state index in [1.165, 1.54) is 269 Å². The molecule has 3 saturated carbocycles. The largest absolute Gasteiger partial charge is 0.496 e. The van der Waals surface area contributed by atoms with Gasteiger partial charge in [0.2, 0.25) is 0 Å². The Labute approximate surface area is 741 Å². The highest BCUT2D eigenvalue weighted by Gasteiger charge is 2.50. The average Bonchev–Trinajstić information content (AvgIpc) is 0.770. The van der Waals surface area contributed by atoms with Gasteiger partial charge in [-0.15, -0.1) is 0 Å². The average molecular weight is 1550 g/mol. The van der Waals surface area contributed by atoms with E-state index in [0.29, 0.717) is 5.92 Å². The molecule has 34 radical (unpaired) electrons. The number of nitrogens with two attached hydrogens (primary N) is 1. The highest BCUT2D eigenvalue weighted by molar-refractivity contribution is 8.58. The van der Waals surface area contributed by atoms with E-state index in [2.05, 4.69) is 47.6 Å². The second-order valence-electron chi connectivity index (χ2n) is 34.7. The molecule has 580 valence electrons. The van der Waals surface area contributed by atoms with Crippen LogP contribution in [0.25, 0.3) is 0 Å². The van der Waals surface area contributed by atoms with Crippen LogP contribution < -0.4 is 19.9 Å². The number of anilines is 1. The van der Waals surface area contributed by atoms with E-state index in [4.69, 9.17) is 136 Å². The number of nitro benzene ring substituents is 1. The van der Waals surface area contributed by atoms with Crippen molar-refractivity contribution in [1.29, 1.82) is 0 Å². The van der Waals surface area contributed by atoms with E-state index in [9.17, 15) is 10.1 Å². The van der Waals surface area contributed by atoms with Crippen molar-refractivity contribution in [3.63, 3.8) is 0 Å². The first-order chi connectivity index (χ1) is 55.0. The highest BCUT2D eigenvalue weighted by Crippen LogP contribution is 2.49. The Bertz CT molecular complexity index is 3250. The number of nitrogen functional groups attached to an aromatic ring is 1. The first kappa shape index (κ1) is 104. The number of nitro groups is 1. The van der Waals surface area contributed by atoms with Crippen molar-refractivity contribution in [3.8, 4) is 17.2 Å². The number of nitrogens with zero attached hydrogens (tertiary/aromatic N) is 7. The zero-order valence-electron chi connectivity index (χ0n) is 70.8. The summed E-state index contributed by atoms with van der Waals surface area (Å²) in [5.74, 6) is 4.60. The summed E-state index contributed by atoms with van der Waals surface area (Å²) in [6.45, 7) is 18.6. The van der Waals surface area contributed by atoms with Gasteiger partial charge in [0, 0.05) is 309 Å². The van der Waals surface area contributed by atoms with Gasteiger partial charge in [-0.3, -0.25) is 32.4 Å². The van der Waals surface area contributed by atoms with Gasteiger partial charge in [-0.1, -0.05) is 84.8 Å². The number of piperazine rings is 3. The molecule has 3 atom stereocenters. The van der Waals surface area contributed by atoms with Crippen molar-refractivity contribution in [3.05, 3.63) is 86.0 Å². The van der Waals surface area contributed by atoms with Crippen LogP contribution in [0.15, 0.2) is 42.5 Å². The predicted octanol–water partition coefficient (Wildman–Crippen LogP) is 5.12.